The summed E-state index contributed by atoms with van der Waals surface area (Å²) in [5, 5.41) is 13.5. The molecule has 0 saturated heterocycles. The summed E-state index contributed by atoms with van der Waals surface area (Å²) in [7, 11) is 0. The molecule has 4 heteroatoms. The normalized spacial score (nSPS) is 17.5. The fraction of sp³-hybridized carbons (Fsp3) is 0.143. The Hall–Kier alpha value is -3.76. The van der Waals surface area contributed by atoms with Gasteiger partial charge in [-0.15, -0.1) is 0 Å². The van der Waals surface area contributed by atoms with Gasteiger partial charge in [0.05, 0.1) is 12.1 Å². The largest absolute Gasteiger partial charge is 0.375 e. The molecule has 0 fully saturated rings. The summed E-state index contributed by atoms with van der Waals surface area (Å²) >= 11 is 0. The SMILES string of the molecule is O=C(CC1(O)C(=O)N(CCc2ccccc2)c2ccccc21)c1ccc2ccccc2c1. The number of benzene rings is 4. The number of rotatable bonds is 6. The molecule has 0 saturated carbocycles. The summed E-state index contributed by atoms with van der Waals surface area (Å²) < 4.78 is 0. The number of ketones is 1. The van der Waals surface area contributed by atoms with E-state index in [1.54, 1.807) is 23.1 Å². The van der Waals surface area contributed by atoms with Gasteiger partial charge >= 0.3 is 0 Å². The van der Waals surface area contributed by atoms with Crippen molar-refractivity contribution in [2.45, 2.75) is 18.4 Å². The zero-order valence-corrected chi connectivity index (χ0v) is 17.6. The lowest BCUT2D eigenvalue weighted by molar-refractivity contribution is -0.135. The summed E-state index contributed by atoms with van der Waals surface area (Å²) in [6.07, 6.45) is 0.374. The number of Topliss-reactive ketones (excluding diaryl/α,β-unsaturated/α-hetero) is 1. The summed E-state index contributed by atoms with van der Waals surface area (Å²) in [5.74, 6) is -0.699. The van der Waals surface area contributed by atoms with Crippen molar-refractivity contribution in [1.82, 2.24) is 0 Å². The van der Waals surface area contributed by atoms with Gasteiger partial charge in [-0.3, -0.25) is 9.59 Å². The Morgan fingerprint density at radius 1 is 0.812 bits per heavy atom. The van der Waals surface area contributed by atoms with Crippen LogP contribution in [0.1, 0.15) is 27.9 Å². The van der Waals surface area contributed by atoms with E-state index in [0.29, 0.717) is 29.8 Å². The predicted octanol–water partition coefficient (Wildman–Crippen LogP) is 4.89. The van der Waals surface area contributed by atoms with Crippen LogP contribution in [0.4, 0.5) is 5.69 Å². The molecule has 1 aliphatic heterocycles. The third-order valence-electron chi connectivity index (χ3n) is 6.19. The summed E-state index contributed by atoms with van der Waals surface area (Å²) in [6.45, 7) is 0.437. The number of nitrogens with zero attached hydrogens (tertiary/aromatic N) is 1. The van der Waals surface area contributed by atoms with Gasteiger partial charge in [0.25, 0.3) is 5.91 Å². The number of hydrogen-bond donors (Lipinski definition) is 1. The van der Waals surface area contributed by atoms with Crippen molar-refractivity contribution in [1.29, 1.82) is 0 Å². The zero-order chi connectivity index (χ0) is 22.1. The lowest BCUT2D eigenvalue weighted by Crippen LogP contribution is -2.42. The molecule has 0 aromatic heterocycles. The first kappa shape index (κ1) is 20.2. The van der Waals surface area contributed by atoms with Crippen molar-refractivity contribution in [3.8, 4) is 0 Å². The van der Waals surface area contributed by atoms with Crippen molar-refractivity contribution in [3.05, 3.63) is 114 Å². The van der Waals surface area contributed by atoms with Crippen LogP contribution < -0.4 is 4.90 Å². The minimum atomic E-state index is -1.87. The number of amides is 1. The highest BCUT2D eigenvalue weighted by atomic mass is 16.3. The van der Waals surface area contributed by atoms with Gasteiger partial charge < -0.3 is 10.0 Å². The van der Waals surface area contributed by atoms with E-state index in [2.05, 4.69) is 0 Å². The average Bonchev–Trinajstić information content (AvgIpc) is 3.04. The van der Waals surface area contributed by atoms with E-state index in [1.807, 2.05) is 78.9 Å². The number of carbonyl (C=O) groups excluding carboxylic acids is 2. The molecule has 1 unspecified atom stereocenters. The van der Waals surface area contributed by atoms with Gasteiger partial charge in [0.2, 0.25) is 0 Å². The maximum atomic E-state index is 13.4. The summed E-state index contributed by atoms with van der Waals surface area (Å²) in [6, 6.07) is 30.4. The number of aliphatic hydroxyl groups is 1. The Balaban J connectivity index is 1.43. The van der Waals surface area contributed by atoms with Gasteiger partial charge in [0.1, 0.15) is 0 Å². The molecule has 0 bridgehead atoms. The van der Waals surface area contributed by atoms with Gasteiger partial charge in [-0.25, -0.2) is 0 Å². The summed E-state index contributed by atoms with van der Waals surface area (Å²) in [4.78, 5) is 28.2. The van der Waals surface area contributed by atoms with Crippen molar-refractivity contribution in [3.63, 3.8) is 0 Å². The first-order chi connectivity index (χ1) is 15.6. The van der Waals surface area contributed by atoms with E-state index in [9.17, 15) is 14.7 Å². The standard InChI is InChI=1S/C28H23NO3/c30-26(23-15-14-21-10-4-5-11-22(21)18-23)19-28(32)24-12-6-7-13-25(24)29(27(28)31)17-16-20-8-2-1-3-9-20/h1-15,18,32H,16-17,19H2. The van der Waals surface area contributed by atoms with Gasteiger partial charge in [0.15, 0.2) is 11.4 Å². The maximum absolute atomic E-state index is 13.4. The second-order valence-electron chi connectivity index (χ2n) is 8.23. The number of carbonyl (C=O) groups is 2. The van der Waals surface area contributed by atoms with E-state index in [0.717, 1.165) is 16.3 Å². The van der Waals surface area contributed by atoms with Gasteiger partial charge in [-0.2, -0.15) is 0 Å². The van der Waals surface area contributed by atoms with Crippen LogP contribution in [0, 0.1) is 0 Å². The highest BCUT2D eigenvalue weighted by Crippen LogP contribution is 2.43. The van der Waals surface area contributed by atoms with Crippen molar-refractivity contribution >= 4 is 28.2 Å². The van der Waals surface area contributed by atoms with E-state index in [1.165, 1.54) is 0 Å². The fourth-order valence-corrected chi connectivity index (χ4v) is 4.48. The maximum Gasteiger partial charge on any atom is 0.264 e. The van der Waals surface area contributed by atoms with Crippen LogP contribution in [0.25, 0.3) is 10.8 Å². The van der Waals surface area contributed by atoms with Crippen molar-refractivity contribution in [2.75, 3.05) is 11.4 Å². The number of para-hydroxylation sites is 1. The van der Waals surface area contributed by atoms with E-state index in [-0.39, 0.29) is 12.2 Å². The monoisotopic (exact) mass is 421 g/mol. The Morgan fingerprint density at radius 3 is 2.31 bits per heavy atom. The quantitative estimate of drug-likeness (QED) is 0.451. The van der Waals surface area contributed by atoms with Crippen LogP contribution in [0.2, 0.25) is 0 Å². The third kappa shape index (κ3) is 3.49. The van der Waals surface area contributed by atoms with Crippen LogP contribution in [0.5, 0.6) is 0 Å². The molecule has 1 aliphatic rings. The molecule has 1 amide bonds. The molecule has 5 rings (SSSR count). The molecule has 4 nitrogen and oxygen atoms in total. The van der Waals surface area contributed by atoms with Crippen LogP contribution in [-0.4, -0.2) is 23.3 Å². The molecule has 0 spiro atoms. The topological polar surface area (TPSA) is 57.6 Å². The molecule has 1 N–H and O–H groups in total. The first-order valence-corrected chi connectivity index (χ1v) is 10.8. The molecular weight excluding hydrogens is 398 g/mol. The fourth-order valence-electron chi connectivity index (χ4n) is 4.48. The molecule has 4 aromatic rings. The van der Waals surface area contributed by atoms with E-state index in [4.69, 9.17) is 0 Å². The van der Waals surface area contributed by atoms with Crippen molar-refractivity contribution < 1.29 is 14.7 Å². The van der Waals surface area contributed by atoms with E-state index >= 15 is 0 Å². The lowest BCUT2D eigenvalue weighted by Gasteiger charge is -2.23. The second-order valence-corrected chi connectivity index (χ2v) is 8.23. The molecule has 32 heavy (non-hydrogen) atoms. The molecule has 1 heterocycles. The summed E-state index contributed by atoms with van der Waals surface area (Å²) in [5.41, 5.74) is 0.899. The molecule has 0 radical (unpaired) electrons. The first-order valence-electron chi connectivity index (χ1n) is 10.8. The average molecular weight is 421 g/mol. The smallest absolute Gasteiger partial charge is 0.264 e. The van der Waals surface area contributed by atoms with Gasteiger partial charge in [-0.1, -0.05) is 84.9 Å². The molecular formula is C28H23NO3. The Morgan fingerprint density at radius 2 is 1.50 bits per heavy atom. The van der Waals surface area contributed by atoms with Crippen LogP contribution >= 0.6 is 0 Å². The zero-order valence-electron chi connectivity index (χ0n) is 17.6. The highest BCUT2D eigenvalue weighted by molar-refractivity contribution is 6.11. The Bertz CT molecular complexity index is 1310. The van der Waals surface area contributed by atoms with Crippen LogP contribution in [0.3, 0.4) is 0 Å². The Kier molecular flexibility index (Phi) is 5.08. The van der Waals surface area contributed by atoms with E-state index < -0.39 is 11.5 Å². The van der Waals surface area contributed by atoms with Crippen LogP contribution in [0.15, 0.2) is 97.1 Å². The molecule has 0 aliphatic carbocycles. The minimum absolute atomic E-state index is 0.258. The number of anilines is 1. The van der Waals surface area contributed by atoms with Crippen LogP contribution in [-0.2, 0) is 16.8 Å². The highest BCUT2D eigenvalue weighted by Gasteiger charge is 2.50. The molecule has 1 atom stereocenters. The molecule has 4 aromatic carbocycles. The number of hydrogen-bond acceptors (Lipinski definition) is 3. The predicted molar refractivity (Wildman–Crippen MR) is 126 cm³/mol. The minimum Gasteiger partial charge on any atom is -0.375 e. The van der Waals surface area contributed by atoms with Gasteiger partial charge in [0, 0.05) is 17.7 Å². The van der Waals surface area contributed by atoms with Gasteiger partial charge in [-0.05, 0) is 34.9 Å². The Labute approximate surface area is 186 Å². The third-order valence-corrected chi connectivity index (χ3v) is 6.19. The second kappa shape index (κ2) is 8.06. The molecule has 158 valence electrons. The van der Waals surface area contributed by atoms with Crippen molar-refractivity contribution in [2.24, 2.45) is 0 Å². The lowest BCUT2D eigenvalue weighted by atomic mass is 9.88. The number of fused-ring (bicyclic) bond motifs is 2.